The van der Waals surface area contributed by atoms with Gasteiger partial charge in [0.15, 0.2) is 0 Å². The molecule has 22 heavy (non-hydrogen) atoms. The van der Waals surface area contributed by atoms with E-state index in [1.165, 1.54) is 5.56 Å². The lowest BCUT2D eigenvalue weighted by Crippen LogP contribution is -2.19. The van der Waals surface area contributed by atoms with Crippen LogP contribution in [0.4, 0.5) is 0 Å². The molecule has 0 heterocycles. The van der Waals surface area contributed by atoms with Crippen molar-refractivity contribution in [3.63, 3.8) is 0 Å². The maximum absolute atomic E-state index is 12.2. The third-order valence-electron chi connectivity index (χ3n) is 4.57. The summed E-state index contributed by atoms with van der Waals surface area (Å²) >= 11 is 0. The van der Waals surface area contributed by atoms with Gasteiger partial charge in [-0.25, -0.2) is 0 Å². The molecule has 1 atom stereocenters. The van der Waals surface area contributed by atoms with Crippen LogP contribution < -0.4 is 11.5 Å². The maximum atomic E-state index is 12.2. The molecule has 1 aliphatic rings. The van der Waals surface area contributed by atoms with Crippen LogP contribution in [0.2, 0.25) is 0 Å². The molecule has 2 amide bonds. The lowest BCUT2D eigenvalue weighted by atomic mass is 9.87. The van der Waals surface area contributed by atoms with Gasteiger partial charge in [-0.15, -0.1) is 0 Å². The van der Waals surface area contributed by atoms with E-state index in [2.05, 4.69) is 13.0 Å². The largest absolute Gasteiger partial charge is 0.366 e. The van der Waals surface area contributed by atoms with E-state index < -0.39 is 11.8 Å². The van der Waals surface area contributed by atoms with Crippen LogP contribution in [-0.2, 0) is 12.8 Å². The molecule has 1 aliphatic carbocycles. The Bertz CT molecular complexity index is 780. The Labute approximate surface area is 129 Å². The van der Waals surface area contributed by atoms with Crippen molar-refractivity contribution < 1.29 is 9.59 Å². The van der Waals surface area contributed by atoms with Gasteiger partial charge in [-0.2, -0.15) is 0 Å². The van der Waals surface area contributed by atoms with E-state index in [1.54, 1.807) is 12.1 Å². The van der Waals surface area contributed by atoms with E-state index in [4.69, 9.17) is 11.5 Å². The molecule has 0 fully saturated rings. The van der Waals surface area contributed by atoms with Crippen molar-refractivity contribution in [1.82, 2.24) is 0 Å². The molecule has 1 unspecified atom stereocenters. The first-order valence-corrected chi connectivity index (χ1v) is 7.66. The Morgan fingerprint density at radius 1 is 1.18 bits per heavy atom. The van der Waals surface area contributed by atoms with E-state index in [0.29, 0.717) is 22.4 Å². The molecule has 4 nitrogen and oxygen atoms in total. The molecule has 0 saturated heterocycles. The van der Waals surface area contributed by atoms with Crippen LogP contribution in [0.5, 0.6) is 0 Å². The molecule has 0 aromatic heterocycles. The number of nitrogens with two attached hydrogens (primary N) is 2. The van der Waals surface area contributed by atoms with Crippen LogP contribution >= 0.6 is 0 Å². The molecular weight excluding hydrogens is 276 g/mol. The second kappa shape index (κ2) is 5.44. The van der Waals surface area contributed by atoms with Gasteiger partial charge in [-0.1, -0.05) is 31.5 Å². The molecule has 0 radical (unpaired) electrons. The van der Waals surface area contributed by atoms with E-state index in [9.17, 15) is 9.59 Å². The van der Waals surface area contributed by atoms with Crippen molar-refractivity contribution in [3.8, 4) is 0 Å². The van der Waals surface area contributed by atoms with Gasteiger partial charge in [0.05, 0.1) is 5.56 Å². The highest BCUT2D eigenvalue weighted by Gasteiger charge is 2.23. The predicted octanol–water partition coefficient (Wildman–Crippen LogP) is 2.55. The van der Waals surface area contributed by atoms with Crippen molar-refractivity contribution in [2.75, 3.05) is 0 Å². The van der Waals surface area contributed by atoms with Crippen LogP contribution in [-0.4, -0.2) is 11.8 Å². The Kier molecular flexibility index (Phi) is 3.61. The number of aryl methyl sites for hydroxylation is 1. The minimum absolute atomic E-state index is 0.367. The van der Waals surface area contributed by atoms with Gasteiger partial charge < -0.3 is 11.5 Å². The highest BCUT2D eigenvalue weighted by Crippen LogP contribution is 2.34. The first-order chi connectivity index (χ1) is 10.5. The third-order valence-corrected chi connectivity index (χ3v) is 4.57. The zero-order valence-electron chi connectivity index (χ0n) is 12.7. The van der Waals surface area contributed by atoms with Crippen molar-refractivity contribution in [2.45, 2.75) is 32.6 Å². The van der Waals surface area contributed by atoms with Gasteiger partial charge in [0.1, 0.15) is 0 Å². The fourth-order valence-electron chi connectivity index (χ4n) is 3.58. The minimum Gasteiger partial charge on any atom is -0.366 e. The quantitative estimate of drug-likeness (QED) is 0.834. The van der Waals surface area contributed by atoms with Gasteiger partial charge in [0, 0.05) is 10.9 Å². The van der Waals surface area contributed by atoms with Gasteiger partial charge in [0.2, 0.25) is 11.8 Å². The number of amides is 2. The van der Waals surface area contributed by atoms with Crippen molar-refractivity contribution in [3.05, 3.63) is 46.5 Å². The smallest absolute Gasteiger partial charge is 0.249 e. The SMILES string of the molecule is CC1CCCc2cc3cccc(C(N)=O)c3c(C(N)=O)c2C1. The molecular formula is C18H20N2O2. The highest BCUT2D eigenvalue weighted by molar-refractivity contribution is 6.16. The molecule has 0 aliphatic heterocycles. The van der Waals surface area contributed by atoms with E-state index in [1.807, 2.05) is 6.07 Å². The summed E-state index contributed by atoms with van der Waals surface area (Å²) in [7, 11) is 0. The van der Waals surface area contributed by atoms with Crippen LogP contribution in [0, 0.1) is 5.92 Å². The average Bonchev–Trinajstić information content (AvgIpc) is 2.63. The molecule has 0 saturated carbocycles. The number of carbonyl (C=O) groups is 2. The molecule has 2 aromatic rings. The highest BCUT2D eigenvalue weighted by atomic mass is 16.1. The summed E-state index contributed by atoms with van der Waals surface area (Å²) in [6.45, 7) is 2.18. The van der Waals surface area contributed by atoms with Crippen LogP contribution in [0.25, 0.3) is 10.8 Å². The number of carbonyl (C=O) groups excluding carboxylic acids is 2. The minimum atomic E-state index is -0.533. The topological polar surface area (TPSA) is 86.2 Å². The summed E-state index contributed by atoms with van der Waals surface area (Å²) in [6.07, 6.45) is 3.99. The summed E-state index contributed by atoms with van der Waals surface area (Å²) in [5, 5.41) is 1.47. The zero-order chi connectivity index (χ0) is 15.9. The summed E-state index contributed by atoms with van der Waals surface area (Å²) < 4.78 is 0. The lowest BCUT2D eigenvalue weighted by molar-refractivity contribution is 0.0998. The van der Waals surface area contributed by atoms with E-state index in [0.717, 1.165) is 36.6 Å². The predicted molar refractivity (Wildman–Crippen MR) is 86.8 cm³/mol. The van der Waals surface area contributed by atoms with Crippen LogP contribution in [0.15, 0.2) is 24.3 Å². The fraction of sp³-hybridized carbons (Fsp3) is 0.333. The van der Waals surface area contributed by atoms with Gasteiger partial charge in [-0.05, 0) is 47.8 Å². The Hall–Kier alpha value is -2.36. The number of fused-ring (bicyclic) bond motifs is 2. The zero-order valence-corrected chi connectivity index (χ0v) is 12.7. The maximum Gasteiger partial charge on any atom is 0.249 e. The molecule has 114 valence electrons. The van der Waals surface area contributed by atoms with E-state index >= 15 is 0 Å². The first kappa shape index (κ1) is 14.6. The van der Waals surface area contributed by atoms with Crippen LogP contribution in [0.1, 0.15) is 51.6 Å². The van der Waals surface area contributed by atoms with Gasteiger partial charge in [0.25, 0.3) is 0 Å². The normalized spacial score (nSPS) is 17.8. The summed E-state index contributed by atoms with van der Waals surface area (Å²) in [5.41, 5.74) is 14.2. The number of primary amides is 2. The second-order valence-corrected chi connectivity index (χ2v) is 6.22. The average molecular weight is 296 g/mol. The fourth-order valence-corrected chi connectivity index (χ4v) is 3.58. The lowest BCUT2D eigenvalue weighted by Gasteiger charge is -2.17. The monoisotopic (exact) mass is 296 g/mol. The molecule has 3 rings (SSSR count). The number of benzene rings is 2. The third kappa shape index (κ3) is 2.34. The first-order valence-electron chi connectivity index (χ1n) is 7.66. The van der Waals surface area contributed by atoms with Crippen molar-refractivity contribution in [2.24, 2.45) is 17.4 Å². The number of hydrogen-bond acceptors (Lipinski definition) is 2. The molecule has 2 aromatic carbocycles. The molecule has 0 spiro atoms. The van der Waals surface area contributed by atoms with Crippen molar-refractivity contribution >= 4 is 22.6 Å². The summed E-state index contributed by atoms with van der Waals surface area (Å²) in [5.74, 6) is -0.517. The number of rotatable bonds is 2. The molecule has 4 N–H and O–H groups in total. The van der Waals surface area contributed by atoms with Crippen molar-refractivity contribution in [1.29, 1.82) is 0 Å². The Morgan fingerprint density at radius 3 is 2.64 bits per heavy atom. The van der Waals surface area contributed by atoms with Gasteiger partial charge >= 0.3 is 0 Å². The Morgan fingerprint density at radius 2 is 1.95 bits per heavy atom. The molecule has 4 heteroatoms. The standard InChI is InChI=1S/C18H20N2O2/c1-10-4-2-5-11-9-12-6-3-7-13(17(19)21)15(12)16(18(20)22)14(11)8-10/h3,6-7,9-10H,2,4-5,8H2,1H3,(H2,19,21)(H2,20,22). The number of hydrogen-bond donors (Lipinski definition) is 2. The van der Waals surface area contributed by atoms with E-state index in [-0.39, 0.29) is 0 Å². The second-order valence-electron chi connectivity index (χ2n) is 6.22. The summed E-state index contributed by atoms with van der Waals surface area (Å²) in [6, 6.07) is 7.44. The molecule has 0 bridgehead atoms. The summed E-state index contributed by atoms with van der Waals surface area (Å²) in [4.78, 5) is 23.9. The van der Waals surface area contributed by atoms with Crippen LogP contribution in [0.3, 0.4) is 0 Å². The van der Waals surface area contributed by atoms with Gasteiger partial charge in [-0.3, -0.25) is 9.59 Å². The Balaban J connectivity index is 2.42.